The van der Waals surface area contributed by atoms with E-state index in [1.807, 2.05) is 25.2 Å². The number of carbonyl (C=O) groups is 1. The lowest BCUT2D eigenvalue weighted by Crippen LogP contribution is -2.15. The smallest absolute Gasteiger partial charge is 0.234 e. The van der Waals surface area contributed by atoms with Crippen LogP contribution in [-0.2, 0) is 11.8 Å². The van der Waals surface area contributed by atoms with Gasteiger partial charge in [-0.25, -0.2) is 4.39 Å². The monoisotopic (exact) mass is 492 g/mol. The van der Waals surface area contributed by atoms with Crippen LogP contribution in [0.3, 0.4) is 0 Å². The molecule has 30 heavy (non-hydrogen) atoms. The van der Waals surface area contributed by atoms with Gasteiger partial charge in [0.25, 0.3) is 0 Å². The van der Waals surface area contributed by atoms with E-state index < -0.39 is 5.82 Å². The van der Waals surface area contributed by atoms with Crippen LogP contribution in [-0.4, -0.2) is 39.6 Å². The van der Waals surface area contributed by atoms with Crippen molar-refractivity contribution in [2.45, 2.75) is 11.6 Å². The maximum absolute atomic E-state index is 13.9. The molecule has 0 aliphatic carbocycles. The number of fused-ring (bicyclic) bond motifs is 1. The number of halogens is 2. The van der Waals surface area contributed by atoms with Crippen molar-refractivity contribution in [3.8, 4) is 22.9 Å². The lowest BCUT2D eigenvalue weighted by Gasteiger charge is -2.09. The molecular weight excluding hydrogens is 475 g/mol. The number of hydrogen-bond acceptors (Lipinski definition) is 6. The fourth-order valence-corrected chi connectivity index (χ4v) is 3.95. The molecule has 1 aliphatic heterocycles. The van der Waals surface area contributed by atoms with Crippen molar-refractivity contribution in [3.05, 3.63) is 46.7 Å². The Labute approximate surface area is 185 Å². The second-order valence-electron chi connectivity index (χ2n) is 6.54. The van der Waals surface area contributed by atoms with Crippen LogP contribution in [0.1, 0.15) is 6.42 Å². The first-order valence-corrected chi connectivity index (χ1v) is 11.0. The standard InChI is InChI=1S/C20H18BrFN4O3S/c1-26-19(12-3-6-16-17(9-12)29-8-2-7-28-16)24-25-20(26)30-11-18(27)23-15-5-4-13(21)10-14(15)22/h3-6,9-10H,2,7-8,11H2,1H3,(H,23,27). The molecule has 0 saturated heterocycles. The minimum atomic E-state index is -0.502. The van der Waals surface area contributed by atoms with Crippen LogP contribution in [0.4, 0.5) is 10.1 Å². The van der Waals surface area contributed by atoms with Gasteiger partial charge >= 0.3 is 0 Å². The van der Waals surface area contributed by atoms with Gasteiger partial charge in [0.15, 0.2) is 22.5 Å². The molecule has 0 fully saturated rings. The summed E-state index contributed by atoms with van der Waals surface area (Å²) in [6.07, 6.45) is 0.834. The highest BCUT2D eigenvalue weighted by atomic mass is 79.9. The molecule has 3 aromatic rings. The van der Waals surface area contributed by atoms with Crippen LogP contribution in [0.15, 0.2) is 46.0 Å². The summed E-state index contributed by atoms with van der Waals surface area (Å²) < 4.78 is 27.7. The summed E-state index contributed by atoms with van der Waals surface area (Å²) in [6.45, 7) is 1.23. The Balaban J connectivity index is 1.43. The molecule has 156 valence electrons. The van der Waals surface area contributed by atoms with Gasteiger partial charge in [-0.2, -0.15) is 0 Å². The van der Waals surface area contributed by atoms with Gasteiger partial charge in [0, 0.05) is 23.5 Å². The molecule has 0 saturated carbocycles. The molecule has 0 bridgehead atoms. The zero-order valence-electron chi connectivity index (χ0n) is 16.0. The summed E-state index contributed by atoms with van der Waals surface area (Å²) in [4.78, 5) is 12.2. The van der Waals surface area contributed by atoms with Gasteiger partial charge in [0.05, 0.1) is 24.7 Å². The van der Waals surface area contributed by atoms with E-state index in [2.05, 4.69) is 31.4 Å². The second-order valence-corrected chi connectivity index (χ2v) is 8.40. The predicted molar refractivity (Wildman–Crippen MR) is 115 cm³/mol. The molecule has 7 nitrogen and oxygen atoms in total. The normalized spacial score (nSPS) is 13.0. The average molecular weight is 493 g/mol. The number of carbonyl (C=O) groups excluding carboxylic acids is 1. The highest BCUT2D eigenvalue weighted by molar-refractivity contribution is 9.10. The third kappa shape index (κ3) is 4.59. The molecule has 10 heteroatoms. The SMILES string of the molecule is Cn1c(SCC(=O)Nc2ccc(Br)cc2F)nnc1-c1ccc2c(c1)OCCCO2. The maximum Gasteiger partial charge on any atom is 0.234 e. The highest BCUT2D eigenvalue weighted by Gasteiger charge is 2.17. The van der Waals surface area contributed by atoms with E-state index in [0.717, 1.165) is 12.0 Å². The number of nitrogens with one attached hydrogen (secondary N) is 1. The quantitative estimate of drug-likeness (QED) is 0.535. The molecule has 1 aliphatic rings. The molecule has 1 aromatic heterocycles. The van der Waals surface area contributed by atoms with Crippen molar-refractivity contribution in [2.75, 3.05) is 24.3 Å². The number of nitrogens with zero attached hydrogens (tertiary/aromatic N) is 3. The molecule has 4 rings (SSSR count). The van der Waals surface area contributed by atoms with E-state index in [0.29, 0.717) is 40.2 Å². The number of ether oxygens (including phenoxy) is 2. The first-order valence-electron chi connectivity index (χ1n) is 9.18. The Morgan fingerprint density at radius 1 is 1.20 bits per heavy atom. The van der Waals surface area contributed by atoms with Crippen LogP contribution in [0, 0.1) is 5.82 Å². The number of anilines is 1. The molecule has 1 N–H and O–H groups in total. The van der Waals surface area contributed by atoms with Gasteiger partial charge in [-0.1, -0.05) is 27.7 Å². The van der Waals surface area contributed by atoms with E-state index in [4.69, 9.17) is 9.47 Å². The maximum atomic E-state index is 13.9. The van der Waals surface area contributed by atoms with Gasteiger partial charge in [-0.05, 0) is 36.4 Å². The van der Waals surface area contributed by atoms with E-state index in [1.165, 1.54) is 23.9 Å². The summed E-state index contributed by atoms with van der Waals surface area (Å²) in [5.74, 6) is 1.28. The van der Waals surface area contributed by atoms with Crippen molar-refractivity contribution in [3.63, 3.8) is 0 Å². The van der Waals surface area contributed by atoms with Gasteiger partial charge in [-0.15, -0.1) is 10.2 Å². The van der Waals surface area contributed by atoms with Gasteiger partial charge in [0.1, 0.15) is 5.82 Å². The average Bonchev–Trinajstić information content (AvgIpc) is 2.94. The Hall–Kier alpha value is -2.59. The van der Waals surface area contributed by atoms with Crippen LogP contribution < -0.4 is 14.8 Å². The van der Waals surface area contributed by atoms with Crippen molar-refractivity contribution in [2.24, 2.45) is 7.05 Å². The third-order valence-corrected chi connectivity index (χ3v) is 5.89. The molecule has 2 aromatic carbocycles. The van der Waals surface area contributed by atoms with Crippen LogP contribution in [0.25, 0.3) is 11.4 Å². The van der Waals surface area contributed by atoms with Crippen LogP contribution in [0.2, 0.25) is 0 Å². The summed E-state index contributed by atoms with van der Waals surface area (Å²) in [6, 6.07) is 10.1. The molecule has 0 spiro atoms. The second kappa shape index (κ2) is 9.05. The summed E-state index contributed by atoms with van der Waals surface area (Å²) >= 11 is 4.41. The number of amides is 1. The van der Waals surface area contributed by atoms with Crippen molar-refractivity contribution >= 4 is 39.3 Å². The van der Waals surface area contributed by atoms with E-state index >= 15 is 0 Å². The van der Waals surface area contributed by atoms with E-state index in [1.54, 1.807) is 10.6 Å². The number of rotatable bonds is 5. The zero-order chi connectivity index (χ0) is 21.1. The van der Waals surface area contributed by atoms with Gasteiger partial charge in [-0.3, -0.25) is 4.79 Å². The minimum Gasteiger partial charge on any atom is -0.490 e. The zero-order valence-corrected chi connectivity index (χ0v) is 18.4. The fraction of sp³-hybridized carbons (Fsp3) is 0.250. The minimum absolute atomic E-state index is 0.0720. The summed E-state index contributed by atoms with van der Waals surface area (Å²) in [5, 5.41) is 11.6. The summed E-state index contributed by atoms with van der Waals surface area (Å²) in [7, 11) is 1.83. The predicted octanol–water partition coefficient (Wildman–Crippen LogP) is 4.28. The Morgan fingerprint density at radius 2 is 2.00 bits per heavy atom. The first-order chi connectivity index (χ1) is 14.5. The lowest BCUT2D eigenvalue weighted by atomic mass is 10.2. The molecule has 0 unspecified atom stereocenters. The molecule has 2 heterocycles. The number of aromatic nitrogens is 3. The molecule has 0 atom stereocenters. The lowest BCUT2D eigenvalue weighted by molar-refractivity contribution is -0.113. The molecule has 1 amide bonds. The highest BCUT2D eigenvalue weighted by Crippen LogP contribution is 2.34. The van der Waals surface area contributed by atoms with Crippen molar-refractivity contribution < 1.29 is 18.7 Å². The first kappa shape index (κ1) is 20.7. The number of thioether (sulfide) groups is 1. The van der Waals surface area contributed by atoms with Gasteiger partial charge < -0.3 is 19.4 Å². The topological polar surface area (TPSA) is 78.3 Å². The molecular formula is C20H18BrFN4O3S. The Bertz CT molecular complexity index is 1090. The summed E-state index contributed by atoms with van der Waals surface area (Å²) in [5.41, 5.74) is 0.970. The van der Waals surface area contributed by atoms with Crippen LogP contribution >= 0.6 is 27.7 Å². The van der Waals surface area contributed by atoms with Crippen molar-refractivity contribution in [1.82, 2.24) is 14.8 Å². The van der Waals surface area contributed by atoms with Crippen LogP contribution in [0.5, 0.6) is 11.5 Å². The van der Waals surface area contributed by atoms with Gasteiger partial charge in [0.2, 0.25) is 5.91 Å². The van der Waals surface area contributed by atoms with Crippen molar-refractivity contribution in [1.29, 1.82) is 0 Å². The third-order valence-electron chi connectivity index (χ3n) is 4.38. The Kier molecular flexibility index (Phi) is 6.24. The largest absolute Gasteiger partial charge is 0.490 e. The van der Waals surface area contributed by atoms with E-state index in [9.17, 15) is 9.18 Å². The molecule has 0 radical (unpaired) electrons. The number of hydrogen-bond donors (Lipinski definition) is 1. The Morgan fingerprint density at radius 3 is 2.80 bits per heavy atom. The fourth-order valence-electron chi connectivity index (χ4n) is 2.90. The van der Waals surface area contributed by atoms with E-state index in [-0.39, 0.29) is 17.3 Å². The number of benzene rings is 2.